The maximum Gasteiger partial charge on any atom is 0.313 e. The highest BCUT2D eigenvalue weighted by atomic mass is 19.1. The molecule has 134 valence electrons. The minimum absolute atomic E-state index is 0.322. The van der Waals surface area contributed by atoms with Gasteiger partial charge in [0.1, 0.15) is 5.82 Å². The van der Waals surface area contributed by atoms with E-state index in [1.165, 1.54) is 44.2 Å². The second-order valence-electron chi connectivity index (χ2n) is 6.14. The van der Waals surface area contributed by atoms with Crippen LogP contribution in [0.1, 0.15) is 63.9 Å². The van der Waals surface area contributed by atoms with Gasteiger partial charge in [0.25, 0.3) is 0 Å². The van der Waals surface area contributed by atoms with E-state index in [4.69, 9.17) is 0 Å². The summed E-state index contributed by atoms with van der Waals surface area (Å²) in [6.45, 7) is 4.44. The van der Waals surface area contributed by atoms with E-state index in [0.717, 1.165) is 19.3 Å². The second-order valence-corrected chi connectivity index (χ2v) is 6.14. The van der Waals surface area contributed by atoms with Crippen LogP contribution >= 0.6 is 0 Å². The quantitative estimate of drug-likeness (QED) is 0.493. The summed E-state index contributed by atoms with van der Waals surface area (Å²) in [7, 11) is 0. The van der Waals surface area contributed by atoms with Crippen molar-refractivity contribution in [3.63, 3.8) is 0 Å². The highest BCUT2D eigenvalue weighted by Crippen LogP contribution is 2.15. The van der Waals surface area contributed by atoms with Crippen molar-refractivity contribution < 1.29 is 14.0 Å². The number of anilines is 1. The summed E-state index contributed by atoms with van der Waals surface area (Å²) in [6.07, 6.45) is 9.44. The maximum atomic E-state index is 13.2. The van der Waals surface area contributed by atoms with Gasteiger partial charge in [0, 0.05) is 12.2 Å². The fourth-order valence-corrected chi connectivity index (χ4v) is 2.45. The summed E-state index contributed by atoms with van der Waals surface area (Å²) in [5.41, 5.74) is 1.03. The maximum absolute atomic E-state index is 13.2. The Labute approximate surface area is 144 Å². The molecule has 0 bridgehead atoms. The van der Waals surface area contributed by atoms with Crippen molar-refractivity contribution in [3.05, 3.63) is 29.6 Å². The van der Waals surface area contributed by atoms with Gasteiger partial charge in [-0.1, -0.05) is 57.9 Å². The molecule has 0 unspecified atom stereocenters. The van der Waals surface area contributed by atoms with Crippen LogP contribution in [0.15, 0.2) is 18.2 Å². The molecule has 5 heteroatoms. The number of carbonyl (C=O) groups is 2. The van der Waals surface area contributed by atoms with E-state index >= 15 is 0 Å². The van der Waals surface area contributed by atoms with Crippen LogP contribution in [0.2, 0.25) is 0 Å². The van der Waals surface area contributed by atoms with E-state index in [0.29, 0.717) is 17.8 Å². The van der Waals surface area contributed by atoms with Crippen molar-refractivity contribution in [2.24, 2.45) is 0 Å². The number of halogens is 1. The number of aryl methyl sites for hydroxylation is 1. The average molecular weight is 336 g/mol. The lowest BCUT2D eigenvalue weighted by Gasteiger charge is -2.09. The fraction of sp³-hybridized carbons (Fsp3) is 0.579. The van der Waals surface area contributed by atoms with Crippen LogP contribution in [-0.4, -0.2) is 18.4 Å². The number of benzene rings is 1. The highest BCUT2D eigenvalue weighted by Gasteiger charge is 2.14. The van der Waals surface area contributed by atoms with Gasteiger partial charge in [0.2, 0.25) is 0 Å². The Morgan fingerprint density at radius 2 is 1.58 bits per heavy atom. The Kier molecular flexibility index (Phi) is 9.73. The molecule has 0 fully saturated rings. The molecular weight excluding hydrogens is 307 g/mol. The fourth-order valence-electron chi connectivity index (χ4n) is 2.45. The van der Waals surface area contributed by atoms with Gasteiger partial charge in [0.05, 0.1) is 0 Å². The molecule has 1 aromatic rings. The molecule has 0 aromatic heterocycles. The standard InChI is InChI=1S/C19H29FN2O2/c1-3-4-5-6-7-8-9-10-13-21-18(23)19(24)22-17-14-16(20)12-11-15(17)2/h11-12,14H,3-10,13H2,1-2H3,(H,21,23)(H,22,24). The number of amides is 2. The molecular formula is C19H29FN2O2. The lowest BCUT2D eigenvalue weighted by molar-refractivity contribution is -0.136. The van der Waals surface area contributed by atoms with Crippen LogP contribution < -0.4 is 10.6 Å². The molecule has 1 rings (SSSR count). The smallest absolute Gasteiger partial charge is 0.313 e. The molecule has 0 atom stereocenters. The van der Waals surface area contributed by atoms with Crippen LogP contribution in [0, 0.1) is 12.7 Å². The summed E-state index contributed by atoms with van der Waals surface area (Å²) in [6, 6.07) is 4.08. The normalized spacial score (nSPS) is 10.5. The summed E-state index contributed by atoms with van der Waals surface area (Å²) >= 11 is 0. The second kappa shape index (κ2) is 11.6. The predicted molar refractivity (Wildman–Crippen MR) is 95.4 cm³/mol. The van der Waals surface area contributed by atoms with Gasteiger partial charge in [0.15, 0.2) is 0 Å². The average Bonchev–Trinajstić information content (AvgIpc) is 2.56. The minimum Gasteiger partial charge on any atom is -0.348 e. The third-order valence-electron chi connectivity index (χ3n) is 3.97. The molecule has 4 nitrogen and oxygen atoms in total. The van der Waals surface area contributed by atoms with Crippen molar-refractivity contribution in [2.75, 3.05) is 11.9 Å². The van der Waals surface area contributed by atoms with Crippen molar-refractivity contribution in [3.8, 4) is 0 Å². The van der Waals surface area contributed by atoms with E-state index in [-0.39, 0.29) is 0 Å². The summed E-state index contributed by atoms with van der Waals surface area (Å²) < 4.78 is 13.2. The Balaban J connectivity index is 2.16. The number of rotatable bonds is 10. The van der Waals surface area contributed by atoms with Crippen LogP contribution in [0.3, 0.4) is 0 Å². The minimum atomic E-state index is -0.761. The number of unbranched alkanes of at least 4 members (excludes halogenated alkanes) is 7. The Bertz CT molecular complexity index is 532. The first kappa shape index (κ1) is 20.1. The molecule has 0 radical (unpaired) electrons. The van der Waals surface area contributed by atoms with E-state index in [1.807, 2.05) is 0 Å². The predicted octanol–water partition coefficient (Wildman–Crippen LogP) is 4.33. The molecule has 0 saturated carbocycles. The first-order chi connectivity index (χ1) is 11.5. The van der Waals surface area contributed by atoms with Gasteiger partial charge in [-0.15, -0.1) is 0 Å². The molecule has 0 saturated heterocycles. The first-order valence-corrected chi connectivity index (χ1v) is 8.90. The van der Waals surface area contributed by atoms with E-state index < -0.39 is 17.6 Å². The SMILES string of the molecule is CCCCCCCCCCNC(=O)C(=O)Nc1cc(F)ccc1C. The number of hydrogen-bond donors (Lipinski definition) is 2. The number of nitrogens with one attached hydrogen (secondary N) is 2. The van der Waals surface area contributed by atoms with Gasteiger partial charge in [-0.05, 0) is 31.0 Å². The van der Waals surface area contributed by atoms with Gasteiger partial charge in [-0.3, -0.25) is 9.59 Å². The van der Waals surface area contributed by atoms with Gasteiger partial charge >= 0.3 is 11.8 Å². The number of hydrogen-bond acceptors (Lipinski definition) is 2. The summed E-state index contributed by atoms with van der Waals surface area (Å²) in [4.78, 5) is 23.5. The zero-order valence-corrected chi connectivity index (χ0v) is 14.8. The summed E-state index contributed by atoms with van der Waals surface area (Å²) in [5, 5.41) is 5.04. The third-order valence-corrected chi connectivity index (χ3v) is 3.97. The lowest BCUT2D eigenvalue weighted by Crippen LogP contribution is -2.36. The van der Waals surface area contributed by atoms with Crippen molar-refractivity contribution in [2.45, 2.75) is 65.2 Å². The molecule has 0 aliphatic carbocycles. The molecule has 24 heavy (non-hydrogen) atoms. The van der Waals surface area contributed by atoms with Gasteiger partial charge in [-0.2, -0.15) is 0 Å². The van der Waals surface area contributed by atoms with Crippen LogP contribution in [-0.2, 0) is 9.59 Å². The zero-order valence-electron chi connectivity index (χ0n) is 14.8. The molecule has 0 spiro atoms. The molecule has 2 amide bonds. The lowest BCUT2D eigenvalue weighted by atomic mass is 10.1. The molecule has 1 aromatic carbocycles. The molecule has 0 heterocycles. The van der Waals surface area contributed by atoms with Crippen molar-refractivity contribution in [1.82, 2.24) is 5.32 Å². The first-order valence-electron chi connectivity index (χ1n) is 8.90. The van der Waals surface area contributed by atoms with Crippen molar-refractivity contribution >= 4 is 17.5 Å². The third kappa shape index (κ3) is 8.09. The Morgan fingerprint density at radius 3 is 2.25 bits per heavy atom. The Hall–Kier alpha value is -1.91. The Morgan fingerprint density at radius 1 is 0.958 bits per heavy atom. The van der Waals surface area contributed by atoms with Crippen molar-refractivity contribution in [1.29, 1.82) is 0 Å². The monoisotopic (exact) mass is 336 g/mol. The highest BCUT2D eigenvalue weighted by molar-refractivity contribution is 6.39. The molecule has 2 N–H and O–H groups in total. The topological polar surface area (TPSA) is 58.2 Å². The van der Waals surface area contributed by atoms with Crippen LogP contribution in [0.4, 0.5) is 10.1 Å². The van der Waals surface area contributed by atoms with Crippen LogP contribution in [0.5, 0.6) is 0 Å². The molecule has 0 aliphatic heterocycles. The van der Waals surface area contributed by atoms with Gasteiger partial charge < -0.3 is 10.6 Å². The van der Waals surface area contributed by atoms with Crippen LogP contribution in [0.25, 0.3) is 0 Å². The van der Waals surface area contributed by atoms with E-state index in [1.54, 1.807) is 13.0 Å². The van der Waals surface area contributed by atoms with E-state index in [2.05, 4.69) is 17.6 Å². The zero-order chi connectivity index (χ0) is 17.8. The largest absolute Gasteiger partial charge is 0.348 e. The summed E-state index contributed by atoms with van der Waals surface area (Å²) in [5.74, 6) is -1.89. The van der Waals surface area contributed by atoms with Gasteiger partial charge in [-0.25, -0.2) is 4.39 Å². The van der Waals surface area contributed by atoms with E-state index in [9.17, 15) is 14.0 Å². The number of carbonyl (C=O) groups excluding carboxylic acids is 2. The molecule has 0 aliphatic rings.